The number of nitrogens with one attached hydrogen (secondary N) is 2. The normalized spacial score (nSPS) is 10.4. The fraction of sp³-hybridized carbons (Fsp3) is 0.500. The van der Waals surface area contributed by atoms with Gasteiger partial charge in [0.2, 0.25) is 0 Å². The first-order valence-corrected chi connectivity index (χ1v) is 5.58. The molecular formula is C12H19N3O2. The van der Waals surface area contributed by atoms with Crippen LogP contribution in [0.4, 0.5) is 0 Å². The molecule has 0 aliphatic carbocycles. The zero-order valence-corrected chi connectivity index (χ0v) is 10.8. The number of aryl methyl sites for hydroxylation is 2. The molecule has 0 aromatic carbocycles. The number of rotatable bonds is 4. The van der Waals surface area contributed by atoms with Gasteiger partial charge < -0.3 is 15.2 Å². The van der Waals surface area contributed by atoms with E-state index in [-0.39, 0.29) is 17.0 Å². The molecule has 5 nitrogen and oxygen atoms in total. The highest BCUT2D eigenvalue weighted by molar-refractivity contribution is 5.95. The molecule has 1 amide bonds. The zero-order chi connectivity index (χ0) is 13.0. The Bertz CT molecular complexity index is 465. The van der Waals surface area contributed by atoms with Crippen LogP contribution in [-0.4, -0.2) is 43.0 Å². The molecule has 1 aromatic heterocycles. The summed E-state index contributed by atoms with van der Waals surface area (Å²) in [5.41, 5.74) is 1.40. The highest BCUT2D eigenvalue weighted by Gasteiger charge is 2.17. The summed E-state index contributed by atoms with van der Waals surface area (Å²) in [6.07, 6.45) is 0. The number of aromatic nitrogens is 1. The van der Waals surface area contributed by atoms with Crippen LogP contribution in [0.1, 0.15) is 21.6 Å². The maximum atomic E-state index is 12.1. The Morgan fingerprint density at radius 1 is 1.47 bits per heavy atom. The van der Waals surface area contributed by atoms with E-state index in [1.807, 2.05) is 7.05 Å². The maximum Gasteiger partial charge on any atom is 0.261 e. The molecule has 5 heteroatoms. The predicted molar refractivity (Wildman–Crippen MR) is 67.4 cm³/mol. The Balaban J connectivity index is 3.00. The Morgan fingerprint density at radius 2 is 2.12 bits per heavy atom. The summed E-state index contributed by atoms with van der Waals surface area (Å²) in [7, 11) is 3.51. The minimum atomic E-state index is -0.316. The van der Waals surface area contributed by atoms with Gasteiger partial charge >= 0.3 is 0 Å². The molecule has 0 unspecified atom stereocenters. The van der Waals surface area contributed by atoms with Crippen molar-refractivity contribution < 1.29 is 4.79 Å². The van der Waals surface area contributed by atoms with Crippen molar-refractivity contribution >= 4 is 5.91 Å². The van der Waals surface area contributed by atoms with Crippen molar-refractivity contribution in [3.63, 3.8) is 0 Å². The number of nitrogens with zero attached hydrogens (tertiary/aromatic N) is 1. The molecule has 0 atom stereocenters. The fourth-order valence-corrected chi connectivity index (χ4v) is 1.69. The minimum absolute atomic E-state index is 0.231. The molecule has 1 aromatic rings. The number of hydrogen-bond acceptors (Lipinski definition) is 3. The van der Waals surface area contributed by atoms with Crippen molar-refractivity contribution in [2.75, 3.05) is 27.2 Å². The molecule has 0 saturated carbocycles. The van der Waals surface area contributed by atoms with Crippen molar-refractivity contribution in [1.82, 2.24) is 15.2 Å². The summed E-state index contributed by atoms with van der Waals surface area (Å²) in [5.74, 6) is -0.237. The third kappa shape index (κ3) is 3.17. The standard InChI is InChI=1S/C12H19N3O2/c1-8-7-9(2)14-11(16)10(8)12(17)15(4)6-5-13-3/h7,13H,5-6H2,1-4H3,(H,14,16). The smallest absolute Gasteiger partial charge is 0.261 e. The first-order chi connectivity index (χ1) is 7.97. The van der Waals surface area contributed by atoms with Gasteiger partial charge in [0, 0.05) is 25.8 Å². The lowest BCUT2D eigenvalue weighted by atomic mass is 10.1. The zero-order valence-electron chi connectivity index (χ0n) is 10.8. The number of pyridine rings is 1. The topological polar surface area (TPSA) is 65.2 Å². The third-order valence-corrected chi connectivity index (χ3v) is 2.62. The molecule has 1 heterocycles. The van der Waals surface area contributed by atoms with E-state index in [4.69, 9.17) is 0 Å². The van der Waals surface area contributed by atoms with Crippen LogP contribution >= 0.6 is 0 Å². The molecule has 17 heavy (non-hydrogen) atoms. The van der Waals surface area contributed by atoms with E-state index >= 15 is 0 Å². The molecule has 1 rings (SSSR count). The summed E-state index contributed by atoms with van der Waals surface area (Å²) in [5, 5.41) is 2.96. The molecular weight excluding hydrogens is 218 g/mol. The van der Waals surface area contributed by atoms with Crippen molar-refractivity contribution in [3.05, 3.63) is 33.2 Å². The summed E-state index contributed by atoms with van der Waals surface area (Å²) < 4.78 is 0. The second-order valence-electron chi connectivity index (χ2n) is 4.17. The molecule has 0 aliphatic heterocycles. The van der Waals surface area contributed by atoms with E-state index in [2.05, 4.69) is 10.3 Å². The lowest BCUT2D eigenvalue weighted by molar-refractivity contribution is 0.0794. The van der Waals surface area contributed by atoms with Crippen molar-refractivity contribution in [1.29, 1.82) is 0 Å². The summed E-state index contributed by atoms with van der Waals surface area (Å²) in [6.45, 7) is 4.85. The Hall–Kier alpha value is -1.62. The largest absolute Gasteiger partial charge is 0.340 e. The van der Waals surface area contributed by atoms with Crippen LogP contribution in [0.5, 0.6) is 0 Å². The van der Waals surface area contributed by atoms with E-state index in [0.717, 1.165) is 5.69 Å². The van der Waals surface area contributed by atoms with E-state index in [1.54, 1.807) is 31.9 Å². The minimum Gasteiger partial charge on any atom is -0.340 e. The number of carbonyl (C=O) groups is 1. The van der Waals surface area contributed by atoms with Gasteiger partial charge in [0.15, 0.2) is 0 Å². The first kappa shape index (κ1) is 13.4. The highest BCUT2D eigenvalue weighted by atomic mass is 16.2. The number of H-pyrrole nitrogens is 1. The lowest BCUT2D eigenvalue weighted by Gasteiger charge is -2.17. The van der Waals surface area contributed by atoms with Gasteiger partial charge in [-0.15, -0.1) is 0 Å². The number of carbonyl (C=O) groups excluding carboxylic acids is 1. The second-order valence-corrected chi connectivity index (χ2v) is 4.17. The van der Waals surface area contributed by atoms with E-state index in [1.165, 1.54) is 0 Å². The van der Waals surface area contributed by atoms with Gasteiger partial charge in [0.1, 0.15) is 5.56 Å². The van der Waals surface area contributed by atoms with Gasteiger partial charge in [-0.2, -0.15) is 0 Å². The van der Waals surface area contributed by atoms with Gasteiger partial charge in [-0.05, 0) is 32.5 Å². The molecule has 94 valence electrons. The predicted octanol–water partition coefficient (Wildman–Crippen LogP) is 0.283. The lowest BCUT2D eigenvalue weighted by Crippen LogP contribution is -2.36. The van der Waals surface area contributed by atoms with Gasteiger partial charge in [-0.25, -0.2) is 0 Å². The molecule has 0 aliphatic rings. The summed E-state index contributed by atoms with van der Waals surface area (Å²) in [4.78, 5) is 28.0. The summed E-state index contributed by atoms with van der Waals surface area (Å²) >= 11 is 0. The number of likely N-dealkylation sites (N-methyl/N-ethyl adjacent to an activating group) is 2. The third-order valence-electron chi connectivity index (χ3n) is 2.62. The van der Waals surface area contributed by atoms with Crippen molar-refractivity contribution in [2.24, 2.45) is 0 Å². The number of hydrogen-bond donors (Lipinski definition) is 2. The Labute approximate surface area is 101 Å². The highest BCUT2D eigenvalue weighted by Crippen LogP contribution is 2.06. The fourth-order valence-electron chi connectivity index (χ4n) is 1.69. The average Bonchev–Trinajstić information content (AvgIpc) is 2.24. The van der Waals surface area contributed by atoms with Gasteiger partial charge in [0.05, 0.1) is 0 Å². The van der Waals surface area contributed by atoms with E-state index in [0.29, 0.717) is 18.7 Å². The molecule has 0 radical (unpaired) electrons. The average molecular weight is 237 g/mol. The van der Waals surface area contributed by atoms with Crippen LogP contribution in [0.2, 0.25) is 0 Å². The molecule has 0 saturated heterocycles. The van der Waals surface area contributed by atoms with Crippen molar-refractivity contribution in [3.8, 4) is 0 Å². The van der Waals surface area contributed by atoms with Gasteiger partial charge in [-0.1, -0.05) is 0 Å². The van der Waals surface area contributed by atoms with Crippen LogP contribution in [-0.2, 0) is 0 Å². The van der Waals surface area contributed by atoms with Gasteiger partial charge in [0.25, 0.3) is 11.5 Å². The number of aromatic amines is 1. The van der Waals surface area contributed by atoms with Crippen LogP contribution in [0.15, 0.2) is 10.9 Å². The van der Waals surface area contributed by atoms with E-state index < -0.39 is 0 Å². The Morgan fingerprint density at radius 3 is 2.65 bits per heavy atom. The monoisotopic (exact) mass is 237 g/mol. The van der Waals surface area contributed by atoms with Crippen LogP contribution in [0.3, 0.4) is 0 Å². The maximum absolute atomic E-state index is 12.1. The molecule has 0 fully saturated rings. The molecule has 0 spiro atoms. The Kier molecular flexibility index (Phi) is 4.45. The number of amides is 1. The van der Waals surface area contributed by atoms with Crippen LogP contribution in [0, 0.1) is 13.8 Å². The SMILES string of the molecule is CNCCN(C)C(=O)c1c(C)cc(C)[nH]c1=O. The van der Waals surface area contributed by atoms with Crippen LogP contribution in [0.25, 0.3) is 0 Å². The van der Waals surface area contributed by atoms with E-state index in [9.17, 15) is 9.59 Å². The van der Waals surface area contributed by atoms with Gasteiger partial charge in [-0.3, -0.25) is 9.59 Å². The second kappa shape index (κ2) is 5.63. The quantitative estimate of drug-likeness (QED) is 0.790. The molecule has 2 N–H and O–H groups in total. The van der Waals surface area contributed by atoms with Crippen molar-refractivity contribution in [2.45, 2.75) is 13.8 Å². The van der Waals surface area contributed by atoms with Crippen LogP contribution < -0.4 is 10.9 Å². The molecule has 0 bridgehead atoms. The summed E-state index contributed by atoms with van der Waals surface area (Å²) in [6, 6.07) is 1.81. The first-order valence-electron chi connectivity index (χ1n) is 5.58.